The van der Waals surface area contributed by atoms with Crippen molar-refractivity contribution in [3.8, 4) is 0 Å². The molecule has 0 saturated heterocycles. The minimum atomic E-state index is 0.450. The Morgan fingerprint density at radius 1 is 1.24 bits per heavy atom. The van der Waals surface area contributed by atoms with Crippen molar-refractivity contribution in [2.75, 3.05) is 18.5 Å². The molecule has 0 amide bonds. The largest absolute Gasteiger partial charge is 0.389 e. The number of thiocarbonyl (C=S) groups is 1. The van der Waals surface area contributed by atoms with Crippen molar-refractivity contribution in [1.82, 2.24) is 0 Å². The van der Waals surface area contributed by atoms with Crippen LogP contribution in [0.3, 0.4) is 0 Å². The first-order valence-electron chi connectivity index (χ1n) is 6.99. The summed E-state index contributed by atoms with van der Waals surface area (Å²) in [7, 11) is 2.14. The number of hydrogen-bond acceptors (Lipinski definition) is 3. The Morgan fingerprint density at radius 2 is 1.95 bits per heavy atom. The van der Waals surface area contributed by atoms with E-state index in [1.807, 2.05) is 23.9 Å². The van der Waals surface area contributed by atoms with Gasteiger partial charge >= 0.3 is 0 Å². The highest BCUT2D eigenvalue weighted by molar-refractivity contribution is 8.00. The van der Waals surface area contributed by atoms with Gasteiger partial charge in [-0.15, -0.1) is 11.8 Å². The van der Waals surface area contributed by atoms with Gasteiger partial charge in [0.1, 0.15) is 4.99 Å². The molecule has 2 N–H and O–H groups in total. The summed E-state index contributed by atoms with van der Waals surface area (Å²) >= 11 is 6.97. The van der Waals surface area contributed by atoms with E-state index in [0.29, 0.717) is 10.2 Å². The van der Waals surface area contributed by atoms with E-state index in [2.05, 4.69) is 48.3 Å². The SMILES string of the molecule is CN(CC1Cc2ccccc2S1)c1ccc(C(N)=S)cc1. The van der Waals surface area contributed by atoms with Gasteiger partial charge in [0.05, 0.1) is 0 Å². The van der Waals surface area contributed by atoms with Crippen molar-refractivity contribution in [1.29, 1.82) is 0 Å². The highest BCUT2D eigenvalue weighted by Gasteiger charge is 2.22. The van der Waals surface area contributed by atoms with E-state index in [4.69, 9.17) is 18.0 Å². The highest BCUT2D eigenvalue weighted by atomic mass is 32.2. The lowest BCUT2D eigenvalue weighted by atomic mass is 10.1. The van der Waals surface area contributed by atoms with Crippen LogP contribution in [0.15, 0.2) is 53.4 Å². The lowest BCUT2D eigenvalue weighted by Gasteiger charge is -2.22. The third kappa shape index (κ3) is 3.22. The first-order chi connectivity index (χ1) is 10.1. The summed E-state index contributed by atoms with van der Waals surface area (Å²) in [6, 6.07) is 16.8. The van der Waals surface area contributed by atoms with Crippen LogP contribution >= 0.6 is 24.0 Å². The summed E-state index contributed by atoms with van der Waals surface area (Å²) in [4.78, 5) is 4.18. The lowest BCUT2D eigenvalue weighted by Crippen LogP contribution is -2.26. The second-order valence-corrected chi connectivity index (χ2v) is 7.13. The summed E-state index contributed by atoms with van der Waals surface area (Å²) in [5.74, 6) is 0. The fourth-order valence-electron chi connectivity index (χ4n) is 2.65. The smallest absolute Gasteiger partial charge is 0.103 e. The van der Waals surface area contributed by atoms with E-state index in [-0.39, 0.29) is 0 Å². The average molecular weight is 314 g/mol. The maximum absolute atomic E-state index is 5.64. The molecule has 0 spiro atoms. The van der Waals surface area contributed by atoms with Gasteiger partial charge in [-0.3, -0.25) is 0 Å². The maximum Gasteiger partial charge on any atom is 0.103 e. The van der Waals surface area contributed by atoms with Gasteiger partial charge in [-0.05, 0) is 42.3 Å². The van der Waals surface area contributed by atoms with Crippen molar-refractivity contribution in [2.24, 2.45) is 5.73 Å². The molecule has 0 aromatic heterocycles. The van der Waals surface area contributed by atoms with Crippen LogP contribution in [-0.4, -0.2) is 23.8 Å². The number of benzene rings is 2. The Bertz CT molecular complexity index is 627. The first kappa shape index (κ1) is 14.4. The Balaban J connectivity index is 1.65. The summed E-state index contributed by atoms with van der Waals surface area (Å²) in [6.07, 6.45) is 1.15. The molecule has 1 aliphatic rings. The Labute approximate surface area is 135 Å². The van der Waals surface area contributed by atoms with Gasteiger partial charge in [0.15, 0.2) is 0 Å². The van der Waals surface area contributed by atoms with Crippen LogP contribution < -0.4 is 10.6 Å². The number of nitrogens with two attached hydrogens (primary N) is 1. The number of hydrogen-bond donors (Lipinski definition) is 1. The van der Waals surface area contributed by atoms with Crippen molar-refractivity contribution < 1.29 is 0 Å². The lowest BCUT2D eigenvalue weighted by molar-refractivity contribution is 0.814. The molecule has 1 aliphatic heterocycles. The molecule has 108 valence electrons. The summed E-state index contributed by atoms with van der Waals surface area (Å²) in [5.41, 5.74) is 9.23. The van der Waals surface area contributed by atoms with Gasteiger partial charge in [-0.25, -0.2) is 0 Å². The van der Waals surface area contributed by atoms with Gasteiger partial charge in [0, 0.05) is 35.0 Å². The van der Waals surface area contributed by atoms with Gasteiger partial charge < -0.3 is 10.6 Å². The molecule has 1 heterocycles. The molecule has 1 unspecified atom stereocenters. The molecular formula is C17H18N2S2. The van der Waals surface area contributed by atoms with Crippen LogP contribution in [0.1, 0.15) is 11.1 Å². The van der Waals surface area contributed by atoms with Crippen LogP contribution in [0.25, 0.3) is 0 Å². The van der Waals surface area contributed by atoms with Crippen LogP contribution in [0.2, 0.25) is 0 Å². The summed E-state index contributed by atoms with van der Waals surface area (Å²) in [6.45, 7) is 1.03. The monoisotopic (exact) mass is 314 g/mol. The molecule has 3 rings (SSSR count). The molecule has 0 fully saturated rings. The quantitative estimate of drug-likeness (QED) is 0.875. The Kier molecular flexibility index (Phi) is 4.17. The van der Waals surface area contributed by atoms with E-state index in [9.17, 15) is 0 Å². The van der Waals surface area contributed by atoms with Gasteiger partial charge in [-0.1, -0.05) is 30.4 Å². The number of rotatable bonds is 4. The normalized spacial score (nSPS) is 16.5. The molecule has 21 heavy (non-hydrogen) atoms. The van der Waals surface area contributed by atoms with Crippen molar-refractivity contribution in [3.63, 3.8) is 0 Å². The number of fused-ring (bicyclic) bond motifs is 1. The number of anilines is 1. The Hall–Kier alpha value is -1.52. The van der Waals surface area contributed by atoms with Crippen molar-refractivity contribution in [2.45, 2.75) is 16.6 Å². The average Bonchev–Trinajstić information content (AvgIpc) is 2.89. The summed E-state index contributed by atoms with van der Waals surface area (Å²) in [5, 5.41) is 0.614. The molecular weight excluding hydrogens is 296 g/mol. The minimum absolute atomic E-state index is 0.450. The van der Waals surface area contributed by atoms with Crippen LogP contribution in [0.5, 0.6) is 0 Å². The van der Waals surface area contributed by atoms with Crippen molar-refractivity contribution >= 4 is 34.7 Å². The van der Waals surface area contributed by atoms with Gasteiger partial charge in [-0.2, -0.15) is 0 Å². The van der Waals surface area contributed by atoms with E-state index in [1.54, 1.807) is 0 Å². The summed E-state index contributed by atoms with van der Waals surface area (Å²) < 4.78 is 0. The zero-order valence-electron chi connectivity index (χ0n) is 12.0. The predicted molar refractivity (Wildman–Crippen MR) is 95.4 cm³/mol. The number of nitrogens with zero attached hydrogens (tertiary/aromatic N) is 1. The first-order valence-corrected chi connectivity index (χ1v) is 8.28. The van der Waals surface area contributed by atoms with Gasteiger partial charge in [0.2, 0.25) is 0 Å². The van der Waals surface area contributed by atoms with Crippen LogP contribution in [-0.2, 0) is 6.42 Å². The molecule has 0 radical (unpaired) electrons. The molecule has 0 bridgehead atoms. The standard InChI is InChI=1S/C17H18N2S2/c1-19(14-8-6-12(7-9-14)17(18)20)11-15-10-13-4-2-3-5-16(13)21-15/h2-9,15H,10-11H2,1H3,(H2,18,20). The van der Waals surface area contributed by atoms with E-state index < -0.39 is 0 Å². The molecule has 4 heteroatoms. The van der Waals surface area contributed by atoms with Crippen LogP contribution in [0.4, 0.5) is 5.69 Å². The zero-order chi connectivity index (χ0) is 14.8. The molecule has 1 atom stereocenters. The van der Waals surface area contributed by atoms with E-state index in [0.717, 1.165) is 18.5 Å². The zero-order valence-corrected chi connectivity index (χ0v) is 13.6. The third-order valence-electron chi connectivity index (χ3n) is 3.78. The fraction of sp³-hybridized carbons (Fsp3) is 0.235. The molecule has 2 aromatic carbocycles. The predicted octanol–water partition coefficient (Wildman–Crippen LogP) is 3.47. The van der Waals surface area contributed by atoms with E-state index in [1.165, 1.54) is 16.1 Å². The fourth-order valence-corrected chi connectivity index (χ4v) is 4.16. The molecule has 0 aliphatic carbocycles. The third-order valence-corrected chi connectivity index (χ3v) is 5.32. The molecule has 2 aromatic rings. The topological polar surface area (TPSA) is 29.3 Å². The minimum Gasteiger partial charge on any atom is -0.389 e. The highest BCUT2D eigenvalue weighted by Crippen LogP contribution is 2.37. The van der Waals surface area contributed by atoms with E-state index >= 15 is 0 Å². The second kappa shape index (κ2) is 6.08. The molecule has 2 nitrogen and oxygen atoms in total. The number of thioether (sulfide) groups is 1. The second-order valence-electron chi connectivity index (χ2n) is 5.34. The van der Waals surface area contributed by atoms with Crippen molar-refractivity contribution in [3.05, 3.63) is 59.7 Å². The molecule has 0 saturated carbocycles. The maximum atomic E-state index is 5.64. The van der Waals surface area contributed by atoms with Crippen LogP contribution in [0, 0.1) is 0 Å². The van der Waals surface area contributed by atoms with Gasteiger partial charge in [0.25, 0.3) is 0 Å². The Morgan fingerprint density at radius 3 is 2.62 bits per heavy atom.